The summed E-state index contributed by atoms with van der Waals surface area (Å²) in [5.41, 5.74) is 2.53. The molecule has 2 amide bonds. The second kappa shape index (κ2) is 13.7. The molecule has 0 heterocycles. The molecule has 1 atom stereocenters. The number of rotatable bonds is 11. The maximum absolute atomic E-state index is 13.9. The second-order valence-electron chi connectivity index (χ2n) is 7.13. The molecule has 2 aromatic rings. The van der Waals surface area contributed by atoms with Gasteiger partial charge in [0.15, 0.2) is 0 Å². The van der Waals surface area contributed by atoms with Crippen molar-refractivity contribution >= 4 is 17.7 Å². The summed E-state index contributed by atoms with van der Waals surface area (Å²) in [6.07, 6.45) is 3.82. The monoisotopic (exact) mass is 476 g/mol. The van der Waals surface area contributed by atoms with Crippen LogP contribution >= 0.6 is 0 Å². The first-order valence-electron chi connectivity index (χ1n) is 10.4. The Labute approximate surface area is 195 Å². The lowest BCUT2D eigenvalue weighted by Crippen LogP contribution is -2.18. The van der Waals surface area contributed by atoms with Gasteiger partial charge in [-0.25, -0.2) is 19.1 Å². The summed E-state index contributed by atoms with van der Waals surface area (Å²) in [4.78, 5) is 23.5. The molecule has 10 heteroatoms. The van der Waals surface area contributed by atoms with E-state index < -0.39 is 29.7 Å². The van der Waals surface area contributed by atoms with Gasteiger partial charge in [-0.3, -0.25) is 15.3 Å². The van der Waals surface area contributed by atoms with Crippen molar-refractivity contribution < 1.29 is 38.2 Å². The van der Waals surface area contributed by atoms with Crippen LogP contribution < -0.4 is 15.5 Å². The maximum Gasteiger partial charge on any atom is 0.412 e. The second-order valence-corrected chi connectivity index (χ2v) is 7.13. The fraction of sp³-hybridized carbons (Fsp3) is 0.250. The van der Waals surface area contributed by atoms with Gasteiger partial charge in [-0.15, -0.1) is 0 Å². The normalized spacial score (nSPS) is 12.3. The summed E-state index contributed by atoms with van der Waals surface area (Å²) in [7, 11) is 0. The van der Waals surface area contributed by atoms with Crippen molar-refractivity contribution in [1.82, 2.24) is 5.48 Å². The Morgan fingerprint density at radius 1 is 1.15 bits per heavy atom. The summed E-state index contributed by atoms with van der Waals surface area (Å²) >= 11 is 0. The van der Waals surface area contributed by atoms with E-state index in [0.29, 0.717) is 35.8 Å². The highest BCUT2D eigenvalue weighted by Gasteiger charge is 2.18. The Morgan fingerprint density at radius 3 is 2.53 bits per heavy atom. The first kappa shape index (κ1) is 26.5. The summed E-state index contributed by atoms with van der Waals surface area (Å²) in [6.45, 7) is 1.68. The van der Waals surface area contributed by atoms with Crippen molar-refractivity contribution in [2.75, 3.05) is 18.5 Å². The molecule has 0 aromatic heterocycles. The molecular weight excluding hydrogens is 450 g/mol. The predicted molar refractivity (Wildman–Crippen MR) is 120 cm³/mol. The van der Waals surface area contributed by atoms with E-state index in [1.54, 1.807) is 43.3 Å². The van der Waals surface area contributed by atoms with Crippen molar-refractivity contribution in [3.63, 3.8) is 0 Å². The SMILES string of the molecule is CC(/C=C/CC[C@H](OC(=O)Nc1ccc(F)cc1F)c1ccc(OCCO)cc1)=C\C(=O)NO. The first-order valence-corrected chi connectivity index (χ1v) is 10.4. The lowest BCUT2D eigenvalue weighted by Gasteiger charge is -2.19. The summed E-state index contributed by atoms with van der Waals surface area (Å²) < 4.78 is 37.8. The summed E-state index contributed by atoms with van der Waals surface area (Å²) in [5.74, 6) is -1.84. The van der Waals surface area contributed by atoms with Gasteiger partial charge in [0.05, 0.1) is 12.3 Å². The van der Waals surface area contributed by atoms with Crippen LogP contribution in [0.2, 0.25) is 0 Å². The zero-order valence-corrected chi connectivity index (χ0v) is 18.5. The molecule has 4 N–H and O–H groups in total. The van der Waals surface area contributed by atoms with Crippen molar-refractivity contribution in [3.8, 4) is 5.75 Å². The van der Waals surface area contributed by atoms with Gasteiger partial charge in [0.25, 0.3) is 5.91 Å². The van der Waals surface area contributed by atoms with Gasteiger partial charge < -0.3 is 14.6 Å². The van der Waals surface area contributed by atoms with E-state index in [4.69, 9.17) is 19.8 Å². The molecule has 0 saturated carbocycles. The fourth-order valence-corrected chi connectivity index (χ4v) is 2.90. The van der Waals surface area contributed by atoms with Crippen molar-refractivity contribution in [1.29, 1.82) is 0 Å². The quantitative estimate of drug-likeness (QED) is 0.165. The van der Waals surface area contributed by atoms with Crippen LogP contribution in [0.25, 0.3) is 0 Å². The van der Waals surface area contributed by atoms with E-state index in [1.807, 2.05) is 0 Å². The molecule has 2 aromatic carbocycles. The average molecular weight is 476 g/mol. The molecule has 0 aliphatic heterocycles. The molecule has 0 bridgehead atoms. The van der Waals surface area contributed by atoms with E-state index >= 15 is 0 Å². The van der Waals surface area contributed by atoms with Crippen molar-refractivity contribution in [3.05, 3.63) is 83.5 Å². The molecule has 34 heavy (non-hydrogen) atoms. The van der Waals surface area contributed by atoms with E-state index in [1.165, 1.54) is 11.6 Å². The smallest absolute Gasteiger partial charge is 0.412 e. The minimum atomic E-state index is -0.934. The third kappa shape index (κ3) is 9.00. The standard InChI is InChI=1S/C24H26F2N2O6/c1-16(14-23(30)28-32)4-2-3-5-22(17-6-9-19(10-7-17)33-13-12-29)34-24(31)27-21-11-8-18(25)15-20(21)26/h2,4,6-11,14-15,22,29,32H,3,5,12-13H2,1H3,(H,27,31)(H,28,30)/b4-2+,16-14+/t22-/m0/s1. The minimum Gasteiger partial charge on any atom is -0.491 e. The Kier molecular flexibility index (Phi) is 10.7. The van der Waals surface area contributed by atoms with Gasteiger partial charge in [-0.05, 0) is 55.2 Å². The number of nitrogens with one attached hydrogen (secondary N) is 2. The van der Waals surface area contributed by atoms with Crippen LogP contribution in [0.1, 0.15) is 31.4 Å². The summed E-state index contributed by atoms with van der Waals surface area (Å²) in [5, 5.41) is 19.7. The van der Waals surface area contributed by atoms with Crippen molar-refractivity contribution in [2.24, 2.45) is 0 Å². The molecule has 182 valence electrons. The molecule has 0 unspecified atom stereocenters. The molecular formula is C24H26F2N2O6. The highest BCUT2D eigenvalue weighted by atomic mass is 19.1. The lowest BCUT2D eigenvalue weighted by molar-refractivity contribution is -0.124. The molecule has 0 aliphatic carbocycles. The fourth-order valence-electron chi connectivity index (χ4n) is 2.90. The molecule has 0 saturated heterocycles. The van der Waals surface area contributed by atoms with E-state index in [-0.39, 0.29) is 18.9 Å². The van der Waals surface area contributed by atoms with Gasteiger partial charge in [0, 0.05) is 12.1 Å². The largest absolute Gasteiger partial charge is 0.491 e. The highest BCUT2D eigenvalue weighted by molar-refractivity contribution is 5.87. The number of carbonyl (C=O) groups excluding carboxylic acids is 2. The first-order chi connectivity index (χ1) is 16.3. The van der Waals surface area contributed by atoms with Crippen molar-refractivity contribution in [2.45, 2.75) is 25.9 Å². The predicted octanol–water partition coefficient (Wildman–Crippen LogP) is 4.41. The maximum atomic E-state index is 13.9. The number of hydrogen-bond donors (Lipinski definition) is 4. The molecule has 0 fully saturated rings. The third-order valence-corrected chi connectivity index (χ3v) is 4.47. The van der Waals surface area contributed by atoms with E-state index in [0.717, 1.165) is 12.1 Å². The Hall–Kier alpha value is -3.76. The topological polar surface area (TPSA) is 117 Å². The number of hydroxylamine groups is 1. The van der Waals surface area contributed by atoms with E-state index in [9.17, 15) is 18.4 Å². The minimum absolute atomic E-state index is 0.131. The molecule has 0 spiro atoms. The number of amides is 2. The molecule has 0 radical (unpaired) electrons. The van der Waals surface area contributed by atoms with Crippen LogP contribution in [0, 0.1) is 11.6 Å². The van der Waals surface area contributed by atoms with E-state index in [2.05, 4.69) is 5.32 Å². The van der Waals surface area contributed by atoms with Crippen LogP contribution in [-0.2, 0) is 9.53 Å². The third-order valence-electron chi connectivity index (χ3n) is 4.47. The number of aliphatic hydroxyl groups is 1. The Morgan fingerprint density at radius 2 is 1.88 bits per heavy atom. The number of anilines is 1. The average Bonchev–Trinajstić information content (AvgIpc) is 2.81. The Balaban J connectivity index is 2.10. The number of allylic oxidation sites excluding steroid dienone is 3. The number of benzene rings is 2. The van der Waals surface area contributed by atoms with Crippen LogP contribution in [0.3, 0.4) is 0 Å². The van der Waals surface area contributed by atoms with Gasteiger partial charge >= 0.3 is 6.09 Å². The number of ether oxygens (including phenoxy) is 2. The van der Waals surface area contributed by atoms with Crippen LogP contribution in [0.5, 0.6) is 5.75 Å². The zero-order chi connectivity index (χ0) is 24.9. The summed E-state index contributed by atoms with van der Waals surface area (Å²) in [6, 6.07) is 9.47. The van der Waals surface area contributed by atoms with Gasteiger partial charge in [-0.2, -0.15) is 0 Å². The number of aliphatic hydroxyl groups excluding tert-OH is 1. The van der Waals surface area contributed by atoms with Gasteiger partial charge in [0.1, 0.15) is 30.1 Å². The number of halogens is 2. The zero-order valence-electron chi connectivity index (χ0n) is 18.5. The van der Waals surface area contributed by atoms with Gasteiger partial charge in [-0.1, -0.05) is 24.3 Å². The number of carbonyl (C=O) groups is 2. The number of hydrogen-bond acceptors (Lipinski definition) is 6. The van der Waals surface area contributed by atoms with Crippen LogP contribution in [0.4, 0.5) is 19.3 Å². The van der Waals surface area contributed by atoms with Crippen LogP contribution in [0.15, 0.2) is 66.3 Å². The van der Waals surface area contributed by atoms with Crippen LogP contribution in [-0.4, -0.2) is 35.5 Å². The molecule has 8 nitrogen and oxygen atoms in total. The lowest BCUT2D eigenvalue weighted by atomic mass is 10.0. The van der Waals surface area contributed by atoms with Gasteiger partial charge in [0.2, 0.25) is 0 Å². The Bertz CT molecular complexity index is 1020. The molecule has 0 aliphatic rings. The highest BCUT2D eigenvalue weighted by Crippen LogP contribution is 2.26. The molecule has 2 rings (SSSR count).